The fraction of sp³-hybridized carbons (Fsp3) is 0.613. The number of aliphatic hydroxyl groups excluding tert-OH is 1. The Morgan fingerprint density at radius 3 is 2.02 bits per heavy atom. The summed E-state index contributed by atoms with van der Waals surface area (Å²) in [5.41, 5.74) is 0.146. The number of hydrogen-bond acceptors (Lipinski definition) is 17. The number of hydrogen-bond donors (Lipinski definition) is 1. The Morgan fingerprint density at radius 2 is 1.42 bits per heavy atom. The molecule has 17 heteroatoms. The normalized spacial score (nSPS) is 31.7. The van der Waals surface area contributed by atoms with Gasteiger partial charge in [-0.15, -0.1) is 0 Å². The van der Waals surface area contributed by atoms with Gasteiger partial charge in [-0.2, -0.15) is 0 Å². The molecule has 0 saturated carbocycles. The first kappa shape index (κ1) is 36.7. The molecule has 48 heavy (non-hydrogen) atoms. The molecule has 1 N–H and O–H groups in total. The first-order chi connectivity index (χ1) is 22.8. The molecule has 0 amide bonds. The van der Waals surface area contributed by atoms with Crippen LogP contribution < -0.4 is 4.74 Å². The Morgan fingerprint density at radius 1 is 0.792 bits per heavy atom. The van der Waals surface area contributed by atoms with Crippen LogP contribution in [0.3, 0.4) is 0 Å². The lowest BCUT2D eigenvalue weighted by Crippen LogP contribution is -2.64. The molecular formula is C31H38O17. The van der Waals surface area contributed by atoms with E-state index in [1.165, 1.54) is 19.2 Å². The molecule has 1 aromatic rings. The third kappa shape index (κ3) is 9.04. The molecule has 264 valence electrons. The van der Waals surface area contributed by atoms with Crippen molar-refractivity contribution in [3.05, 3.63) is 29.8 Å². The van der Waals surface area contributed by atoms with Crippen molar-refractivity contribution in [3.63, 3.8) is 0 Å². The monoisotopic (exact) mass is 682 g/mol. The van der Waals surface area contributed by atoms with E-state index in [9.17, 15) is 33.9 Å². The van der Waals surface area contributed by atoms with Crippen LogP contribution in [-0.2, 0) is 66.6 Å². The van der Waals surface area contributed by atoms with Crippen molar-refractivity contribution in [2.24, 2.45) is 11.8 Å². The summed E-state index contributed by atoms with van der Waals surface area (Å²) in [5.74, 6) is -6.20. The molecule has 3 aliphatic rings. The van der Waals surface area contributed by atoms with E-state index in [0.717, 1.165) is 27.7 Å². The second kappa shape index (κ2) is 16.3. The summed E-state index contributed by atoms with van der Waals surface area (Å²) in [6, 6.07) is 6.03. The van der Waals surface area contributed by atoms with E-state index in [0.29, 0.717) is 5.75 Å². The largest absolute Gasteiger partial charge is 0.497 e. The minimum Gasteiger partial charge on any atom is -0.497 e. The molecule has 4 rings (SSSR count). The van der Waals surface area contributed by atoms with Crippen molar-refractivity contribution in [2.45, 2.75) is 83.5 Å². The second-order valence-corrected chi connectivity index (χ2v) is 11.2. The van der Waals surface area contributed by atoms with E-state index in [2.05, 4.69) is 0 Å². The van der Waals surface area contributed by atoms with Gasteiger partial charge in [-0.25, -0.2) is 4.79 Å². The minimum absolute atomic E-state index is 0.0479. The molecular weight excluding hydrogens is 644 g/mol. The summed E-state index contributed by atoms with van der Waals surface area (Å²) in [4.78, 5) is 74.6. The molecule has 1 aromatic carbocycles. The van der Waals surface area contributed by atoms with Crippen molar-refractivity contribution in [3.8, 4) is 5.75 Å². The average Bonchev–Trinajstić information content (AvgIpc) is 3.14. The minimum atomic E-state index is -1.68. The number of Topliss-reactive ketones (excluding diaryl/α,β-unsaturated/α-hetero) is 1. The number of carbonyl (C=O) groups excluding carboxylic acids is 6. The maximum absolute atomic E-state index is 13.4. The van der Waals surface area contributed by atoms with E-state index in [4.69, 9.17) is 47.4 Å². The van der Waals surface area contributed by atoms with Crippen molar-refractivity contribution in [2.75, 3.05) is 26.9 Å². The molecule has 0 aliphatic carbocycles. The third-order valence-corrected chi connectivity index (χ3v) is 7.74. The lowest BCUT2D eigenvalue weighted by molar-refractivity contribution is -0.352. The van der Waals surface area contributed by atoms with Crippen LogP contribution in [0, 0.1) is 11.8 Å². The standard InChI is InChI=1S/C31H38O17/c1-14(32)41-13-22-25(43-15(2)33)26(44-16(3)34)27(45-17(4)35)31(46-22)48-30-23-20(10-11-40-30)24(29(38)42-12-21(23)36)47-28(37)18-6-8-19(39-5)9-7-18/h6-9,20,22-27,29-31,38H,10-13H2,1-5H3/t20-,22-,23-,24+,25-,26+,27-,29-,30+,31+/m1/s1. The molecule has 0 unspecified atom stereocenters. The zero-order valence-electron chi connectivity index (χ0n) is 26.9. The van der Waals surface area contributed by atoms with Gasteiger partial charge >= 0.3 is 29.8 Å². The number of methoxy groups -OCH3 is 1. The zero-order valence-corrected chi connectivity index (χ0v) is 26.9. The van der Waals surface area contributed by atoms with Crippen molar-refractivity contribution < 1.29 is 81.2 Å². The van der Waals surface area contributed by atoms with E-state index in [-0.39, 0.29) is 18.6 Å². The van der Waals surface area contributed by atoms with Gasteiger partial charge in [0, 0.05) is 33.6 Å². The SMILES string of the molecule is COc1ccc(C(=O)O[C@H]2[C@@H]3CCO[C@@H](O[C@@H]4O[C@H](COC(C)=O)[C@@H](OC(C)=O)[C@H](OC(C)=O)[C@H]4OC(C)=O)[C@H]3C(=O)CO[C@H]2O)cc1. The predicted molar refractivity (Wildman–Crippen MR) is 154 cm³/mol. The van der Waals surface area contributed by atoms with Crippen LogP contribution in [0.15, 0.2) is 24.3 Å². The number of ether oxygens (including phenoxy) is 10. The highest BCUT2D eigenvalue weighted by molar-refractivity contribution is 5.90. The lowest BCUT2D eigenvalue weighted by Gasteiger charge is -2.46. The van der Waals surface area contributed by atoms with Gasteiger partial charge in [-0.1, -0.05) is 0 Å². The van der Waals surface area contributed by atoms with E-state index in [1.54, 1.807) is 12.1 Å². The van der Waals surface area contributed by atoms with E-state index >= 15 is 0 Å². The van der Waals surface area contributed by atoms with Crippen LogP contribution in [0.25, 0.3) is 0 Å². The van der Waals surface area contributed by atoms with Crippen molar-refractivity contribution in [1.82, 2.24) is 0 Å². The lowest BCUT2D eigenvalue weighted by atomic mass is 9.80. The number of fused-ring (bicyclic) bond motifs is 1. The second-order valence-electron chi connectivity index (χ2n) is 11.2. The fourth-order valence-electron chi connectivity index (χ4n) is 5.75. The Hall–Kier alpha value is -4.16. The summed E-state index contributed by atoms with van der Waals surface area (Å²) in [5, 5.41) is 10.8. The van der Waals surface area contributed by atoms with Crippen LogP contribution in [0.5, 0.6) is 5.75 Å². The van der Waals surface area contributed by atoms with Crippen LogP contribution in [0.2, 0.25) is 0 Å². The number of benzene rings is 1. The van der Waals surface area contributed by atoms with Crippen LogP contribution >= 0.6 is 0 Å². The van der Waals surface area contributed by atoms with Gasteiger partial charge in [0.05, 0.1) is 25.2 Å². The number of aliphatic hydroxyl groups is 1. The maximum atomic E-state index is 13.4. The van der Waals surface area contributed by atoms with E-state index in [1.807, 2.05) is 0 Å². The summed E-state index contributed by atoms with van der Waals surface area (Å²) in [6.07, 6.45) is -11.9. The van der Waals surface area contributed by atoms with Crippen LogP contribution in [0.4, 0.5) is 0 Å². The van der Waals surface area contributed by atoms with E-state index < -0.39 is 110 Å². The Bertz CT molecular complexity index is 1340. The Labute approximate surface area is 274 Å². The van der Waals surface area contributed by atoms with Crippen molar-refractivity contribution >= 4 is 35.6 Å². The highest BCUT2D eigenvalue weighted by atomic mass is 16.8. The molecule has 3 fully saturated rings. The number of carbonyl (C=O) groups is 6. The summed E-state index contributed by atoms with van der Waals surface area (Å²) < 4.78 is 55.4. The molecule has 17 nitrogen and oxygen atoms in total. The van der Waals surface area contributed by atoms with Gasteiger partial charge in [-0.3, -0.25) is 24.0 Å². The van der Waals surface area contributed by atoms with Crippen LogP contribution in [0.1, 0.15) is 44.5 Å². The third-order valence-electron chi connectivity index (χ3n) is 7.74. The van der Waals surface area contributed by atoms with Gasteiger partial charge in [0.25, 0.3) is 0 Å². The molecule has 10 atom stereocenters. The smallest absolute Gasteiger partial charge is 0.338 e. The number of ketones is 1. The Balaban J connectivity index is 1.65. The molecule has 0 bridgehead atoms. The van der Waals surface area contributed by atoms with Crippen LogP contribution in [-0.4, -0.2) is 117 Å². The quantitative estimate of drug-likeness (QED) is 0.258. The highest BCUT2D eigenvalue weighted by Crippen LogP contribution is 2.39. The predicted octanol–water partition coefficient (Wildman–Crippen LogP) is 0.217. The average molecular weight is 683 g/mol. The van der Waals surface area contributed by atoms with Gasteiger partial charge in [0.1, 0.15) is 25.1 Å². The topological polar surface area (TPSA) is 215 Å². The summed E-state index contributed by atoms with van der Waals surface area (Å²) >= 11 is 0. The molecule has 0 aromatic heterocycles. The van der Waals surface area contributed by atoms with Gasteiger partial charge in [0.2, 0.25) is 6.29 Å². The summed E-state index contributed by atoms with van der Waals surface area (Å²) in [7, 11) is 1.47. The first-order valence-corrected chi connectivity index (χ1v) is 15.0. The first-order valence-electron chi connectivity index (χ1n) is 15.0. The number of esters is 5. The van der Waals surface area contributed by atoms with Gasteiger partial charge < -0.3 is 52.5 Å². The fourth-order valence-corrected chi connectivity index (χ4v) is 5.75. The van der Waals surface area contributed by atoms with Gasteiger partial charge in [-0.05, 0) is 30.7 Å². The zero-order chi connectivity index (χ0) is 35.1. The van der Waals surface area contributed by atoms with Crippen molar-refractivity contribution in [1.29, 1.82) is 0 Å². The molecule has 3 saturated heterocycles. The molecule has 3 heterocycles. The maximum Gasteiger partial charge on any atom is 0.338 e. The highest BCUT2D eigenvalue weighted by Gasteiger charge is 2.56. The molecule has 0 radical (unpaired) electrons. The molecule has 0 spiro atoms. The summed E-state index contributed by atoms with van der Waals surface area (Å²) in [6.45, 7) is 3.20. The number of rotatable bonds is 10. The van der Waals surface area contributed by atoms with Gasteiger partial charge in [0.15, 0.2) is 42.8 Å². The molecule has 3 aliphatic heterocycles. The Kier molecular flexibility index (Phi) is 12.4.